The fourth-order valence-corrected chi connectivity index (χ4v) is 2.18. The second-order valence-corrected chi connectivity index (χ2v) is 4.87. The van der Waals surface area contributed by atoms with Crippen molar-refractivity contribution in [2.24, 2.45) is 11.7 Å². The third-order valence-electron chi connectivity index (χ3n) is 2.53. The quantitative estimate of drug-likeness (QED) is 0.787. The third kappa shape index (κ3) is 2.01. The van der Waals surface area contributed by atoms with Crippen LogP contribution in [0.5, 0.6) is 0 Å². The Hall–Kier alpha value is 0.0500. The lowest BCUT2D eigenvalue weighted by atomic mass is 10.0. The lowest BCUT2D eigenvalue weighted by molar-refractivity contribution is 0.634. The van der Waals surface area contributed by atoms with Gasteiger partial charge < -0.3 is 5.73 Å². The first-order valence-corrected chi connectivity index (χ1v) is 5.63. The third-order valence-corrected chi connectivity index (χ3v) is 3.58. The summed E-state index contributed by atoms with van der Waals surface area (Å²) in [5, 5.41) is 1.60. The van der Waals surface area contributed by atoms with Crippen molar-refractivity contribution in [2.75, 3.05) is 0 Å². The molecule has 1 nitrogen and oxygen atoms in total. The average molecular weight is 251 g/mol. The van der Waals surface area contributed by atoms with Crippen molar-refractivity contribution in [3.63, 3.8) is 0 Å². The van der Waals surface area contributed by atoms with Crippen LogP contribution in [0.15, 0.2) is 12.1 Å². The molecule has 0 bridgehead atoms. The zero-order valence-electron chi connectivity index (χ0n) is 7.43. The summed E-state index contributed by atoms with van der Waals surface area (Å²) in [6.07, 6.45) is 2.36. The van der Waals surface area contributed by atoms with Gasteiger partial charge in [-0.25, -0.2) is 0 Å². The highest BCUT2D eigenvalue weighted by Crippen LogP contribution is 2.42. The molecule has 1 aromatic carbocycles. The van der Waals surface area contributed by atoms with Crippen LogP contribution in [0.3, 0.4) is 0 Å². The maximum absolute atomic E-state index is 6.05. The van der Waals surface area contributed by atoms with E-state index < -0.39 is 0 Å². The Bertz CT molecular complexity index is 361. The molecule has 2 rings (SSSR count). The standard InChI is InChI=1S/C10H10Cl3N/c11-7-4-9(13)8(12)3-6(7)10(14)5-1-2-5/h3-5,10H,1-2,14H2. The maximum Gasteiger partial charge on any atom is 0.0607 e. The first-order chi connectivity index (χ1) is 6.59. The van der Waals surface area contributed by atoms with E-state index in [4.69, 9.17) is 40.5 Å². The maximum atomic E-state index is 6.05. The van der Waals surface area contributed by atoms with Crippen LogP contribution in [0.4, 0.5) is 0 Å². The molecule has 0 amide bonds. The Morgan fingerprint density at radius 2 is 1.64 bits per heavy atom. The molecule has 1 aliphatic rings. The Balaban J connectivity index is 2.36. The number of rotatable bonds is 2. The van der Waals surface area contributed by atoms with E-state index in [2.05, 4.69) is 0 Å². The molecule has 14 heavy (non-hydrogen) atoms. The van der Waals surface area contributed by atoms with E-state index in [9.17, 15) is 0 Å². The monoisotopic (exact) mass is 249 g/mol. The van der Waals surface area contributed by atoms with Crippen LogP contribution in [-0.4, -0.2) is 0 Å². The number of benzene rings is 1. The summed E-state index contributed by atoms with van der Waals surface area (Å²) < 4.78 is 0. The van der Waals surface area contributed by atoms with Gasteiger partial charge in [0.1, 0.15) is 0 Å². The Morgan fingerprint density at radius 1 is 1.07 bits per heavy atom. The highest BCUT2D eigenvalue weighted by Gasteiger charge is 2.30. The molecule has 4 heteroatoms. The van der Waals surface area contributed by atoms with Gasteiger partial charge in [0, 0.05) is 11.1 Å². The summed E-state index contributed by atoms with van der Waals surface area (Å²) in [7, 11) is 0. The van der Waals surface area contributed by atoms with Crippen LogP contribution in [0.25, 0.3) is 0 Å². The predicted octanol–water partition coefficient (Wildman–Crippen LogP) is 4.06. The van der Waals surface area contributed by atoms with Gasteiger partial charge in [0.2, 0.25) is 0 Å². The summed E-state index contributed by atoms with van der Waals surface area (Å²) in [6, 6.07) is 3.43. The molecular weight excluding hydrogens is 240 g/mol. The molecule has 2 N–H and O–H groups in total. The lowest BCUT2D eigenvalue weighted by Crippen LogP contribution is -2.12. The molecule has 0 aliphatic heterocycles. The minimum atomic E-state index is -0.00253. The molecule has 1 unspecified atom stereocenters. The smallest absolute Gasteiger partial charge is 0.0607 e. The Morgan fingerprint density at radius 3 is 2.21 bits per heavy atom. The van der Waals surface area contributed by atoms with Crippen molar-refractivity contribution >= 4 is 34.8 Å². The number of halogens is 3. The van der Waals surface area contributed by atoms with Gasteiger partial charge in [-0.3, -0.25) is 0 Å². The SMILES string of the molecule is NC(c1cc(Cl)c(Cl)cc1Cl)C1CC1. The van der Waals surface area contributed by atoms with Crippen molar-refractivity contribution in [1.29, 1.82) is 0 Å². The van der Waals surface area contributed by atoms with Gasteiger partial charge in [-0.05, 0) is 36.5 Å². The van der Waals surface area contributed by atoms with Crippen LogP contribution >= 0.6 is 34.8 Å². The highest BCUT2D eigenvalue weighted by atomic mass is 35.5. The lowest BCUT2D eigenvalue weighted by Gasteiger charge is -2.13. The summed E-state index contributed by atoms with van der Waals surface area (Å²) in [6.45, 7) is 0. The zero-order valence-corrected chi connectivity index (χ0v) is 9.70. The fourth-order valence-electron chi connectivity index (χ4n) is 1.50. The van der Waals surface area contributed by atoms with E-state index >= 15 is 0 Å². The minimum absolute atomic E-state index is 0.00253. The molecule has 1 fully saturated rings. The van der Waals surface area contributed by atoms with Crippen LogP contribution in [-0.2, 0) is 0 Å². The molecule has 1 aromatic rings. The van der Waals surface area contributed by atoms with E-state index in [1.807, 2.05) is 0 Å². The van der Waals surface area contributed by atoms with Crippen LogP contribution in [0.2, 0.25) is 15.1 Å². The van der Waals surface area contributed by atoms with Crippen molar-refractivity contribution in [3.8, 4) is 0 Å². The molecule has 0 radical (unpaired) electrons. The number of hydrogen-bond acceptors (Lipinski definition) is 1. The van der Waals surface area contributed by atoms with Crippen molar-refractivity contribution in [1.82, 2.24) is 0 Å². The van der Waals surface area contributed by atoms with E-state index in [0.717, 1.165) is 5.56 Å². The van der Waals surface area contributed by atoms with E-state index in [-0.39, 0.29) is 6.04 Å². The van der Waals surface area contributed by atoms with Gasteiger partial charge in [0.15, 0.2) is 0 Å². The zero-order chi connectivity index (χ0) is 10.3. The Kier molecular flexibility index (Phi) is 2.94. The fraction of sp³-hybridized carbons (Fsp3) is 0.400. The molecule has 1 atom stereocenters. The molecule has 1 saturated carbocycles. The second-order valence-electron chi connectivity index (χ2n) is 3.65. The molecular formula is C10H10Cl3N. The first kappa shape index (κ1) is 10.6. The Labute approximate surface area is 98.1 Å². The summed E-state index contributed by atoms with van der Waals surface area (Å²) in [4.78, 5) is 0. The molecule has 0 heterocycles. The first-order valence-electron chi connectivity index (χ1n) is 4.49. The van der Waals surface area contributed by atoms with Crippen LogP contribution < -0.4 is 5.73 Å². The predicted molar refractivity (Wildman–Crippen MR) is 61.1 cm³/mol. The molecule has 0 saturated heterocycles. The van der Waals surface area contributed by atoms with Crippen molar-refractivity contribution in [3.05, 3.63) is 32.8 Å². The van der Waals surface area contributed by atoms with Gasteiger partial charge in [-0.2, -0.15) is 0 Å². The molecule has 1 aliphatic carbocycles. The molecule has 0 spiro atoms. The van der Waals surface area contributed by atoms with E-state index in [0.29, 0.717) is 21.0 Å². The normalized spacial score (nSPS) is 18.3. The number of nitrogens with two attached hydrogens (primary N) is 1. The van der Waals surface area contributed by atoms with E-state index in [1.165, 1.54) is 12.8 Å². The topological polar surface area (TPSA) is 26.0 Å². The molecule has 0 aromatic heterocycles. The van der Waals surface area contributed by atoms with Gasteiger partial charge in [0.25, 0.3) is 0 Å². The van der Waals surface area contributed by atoms with Crippen molar-refractivity contribution in [2.45, 2.75) is 18.9 Å². The summed E-state index contributed by atoms with van der Waals surface area (Å²) in [5.41, 5.74) is 6.94. The number of hydrogen-bond donors (Lipinski definition) is 1. The van der Waals surface area contributed by atoms with Crippen LogP contribution in [0.1, 0.15) is 24.4 Å². The van der Waals surface area contributed by atoms with Crippen LogP contribution in [0, 0.1) is 5.92 Å². The average Bonchev–Trinajstić information content (AvgIpc) is 2.93. The van der Waals surface area contributed by atoms with E-state index in [1.54, 1.807) is 12.1 Å². The summed E-state index contributed by atoms with van der Waals surface area (Å²) in [5.74, 6) is 0.560. The summed E-state index contributed by atoms with van der Waals surface area (Å²) >= 11 is 17.8. The van der Waals surface area contributed by atoms with Gasteiger partial charge in [-0.15, -0.1) is 0 Å². The molecule has 76 valence electrons. The van der Waals surface area contributed by atoms with Gasteiger partial charge in [0.05, 0.1) is 10.0 Å². The van der Waals surface area contributed by atoms with Crippen molar-refractivity contribution < 1.29 is 0 Å². The second kappa shape index (κ2) is 3.90. The highest BCUT2D eigenvalue weighted by molar-refractivity contribution is 6.43. The largest absolute Gasteiger partial charge is 0.324 e. The minimum Gasteiger partial charge on any atom is -0.324 e. The van der Waals surface area contributed by atoms with Gasteiger partial charge in [-0.1, -0.05) is 34.8 Å². The van der Waals surface area contributed by atoms with Gasteiger partial charge >= 0.3 is 0 Å².